The second-order valence-electron chi connectivity index (χ2n) is 5.03. The first-order valence-corrected chi connectivity index (χ1v) is 6.19. The number of benzene rings is 1. The number of hydrogen-bond donors (Lipinski definition) is 2. The summed E-state index contributed by atoms with van der Waals surface area (Å²) in [6.07, 6.45) is 2.40. The van der Waals surface area contributed by atoms with Crippen LogP contribution in [0.4, 0.5) is 0 Å². The van der Waals surface area contributed by atoms with Crippen molar-refractivity contribution in [2.45, 2.75) is 25.8 Å². The normalized spacial score (nSPS) is 18.8. The average Bonchev–Trinajstić information content (AvgIpc) is 3.11. The van der Waals surface area contributed by atoms with Gasteiger partial charge >= 0.3 is 0 Å². The van der Waals surface area contributed by atoms with Gasteiger partial charge in [-0.25, -0.2) is 0 Å². The molecule has 0 heterocycles. The average molecular weight is 234 g/mol. The van der Waals surface area contributed by atoms with Crippen LogP contribution >= 0.6 is 0 Å². The summed E-state index contributed by atoms with van der Waals surface area (Å²) >= 11 is 0. The molecule has 1 aliphatic carbocycles. The van der Waals surface area contributed by atoms with Gasteiger partial charge in [0, 0.05) is 17.0 Å². The van der Waals surface area contributed by atoms with Crippen LogP contribution < -0.4 is 15.8 Å². The molecule has 3 N–H and O–H groups in total. The molecule has 1 aromatic rings. The molecule has 0 spiro atoms. The summed E-state index contributed by atoms with van der Waals surface area (Å²) in [5.74, 6) is 0.953. The first-order valence-electron chi connectivity index (χ1n) is 6.19. The molecule has 3 heteroatoms. The minimum Gasteiger partial charge on any atom is -0.496 e. The summed E-state index contributed by atoms with van der Waals surface area (Å²) in [6.45, 7) is 2.84. The maximum atomic E-state index is 5.93. The summed E-state index contributed by atoms with van der Waals surface area (Å²) in [7, 11) is 3.73. The number of methoxy groups -OCH3 is 1. The molecule has 0 saturated heterocycles. The Bertz CT molecular complexity index is 399. The van der Waals surface area contributed by atoms with Crippen LogP contribution in [0.2, 0.25) is 0 Å². The standard InChI is InChI=1S/C14H22N2O/c1-10-4-5-12(17-3)11(8-10)13(16-2)14(9-15)6-7-14/h4-5,8,13,16H,6-7,9,15H2,1-3H3. The van der Waals surface area contributed by atoms with E-state index >= 15 is 0 Å². The van der Waals surface area contributed by atoms with Crippen molar-refractivity contribution in [2.24, 2.45) is 11.1 Å². The van der Waals surface area contributed by atoms with Gasteiger partial charge in [0.25, 0.3) is 0 Å². The van der Waals surface area contributed by atoms with E-state index in [4.69, 9.17) is 10.5 Å². The minimum absolute atomic E-state index is 0.232. The third-order valence-corrected chi connectivity index (χ3v) is 3.90. The van der Waals surface area contributed by atoms with Crippen LogP contribution in [-0.2, 0) is 0 Å². The molecule has 0 radical (unpaired) electrons. The highest BCUT2D eigenvalue weighted by molar-refractivity contribution is 5.41. The summed E-state index contributed by atoms with van der Waals surface area (Å²) in [4.78, 5) is 0. The highest BCUT2D eigenvalue weighted by Crippen LogP contribution is 2.55. The summed E-state index contributed by atoms with van der Waals surface area (Å²) in [5.41, 5.74) is 8.66. The molecular weight excluding hydrogens is 212 g/mol. The number of rotatable bonds is 5. The maximum absolute atomic E-state index is 5.93. The molecule has 1 fully saturated rings. The lowest BCUT2D eigenvalue weighted by Crippen LogP contribution is -2.32. The van der Waals surface area contributed by atoms with Gasteiger partial charge in [0.1, 0.15) is 5.75 Å². The number of ether oxygens (including phenoxy) is 1. The first kappa shape index (κ1) is 12.4. The Balaban J connectivity index is 2.39. The molecular formula is C14H22N2O. The minimum atomic E-state index is 0.232. The summed E-state index contributed by atoms with van der Waals surface area (Å²) in [5, 5.41) is 3.41. The third kappa shape index (κ3) is 2.17. The Kier molecular flexibility index (Phi) is 3.40. The van der Waals surface area contributed by atoms with Crippen molar-refractivity contribution in [3.8, 4) is 5.75 Å². The summed E-state index contributed by atoms with van der Waals surface area (Å²) in [6, 6.07) is 6.62. The zero-order valence-corrected chi connectivity index (χ0v) is 10.9. The number of hydrogen-bond acceptors (Lipinski definition) is 3. The van der Waals surface area contributed by atoms with Gasteiger partial charge in [-0.1, -0.05) is 17.7 Å². The zero-order valence-electron chi connectivity index (χ0n) is 10.9. The fourth-order valence-electron chi connectivity index (χ4n) is 2.64. The van der Waals surface area contributed by atoms with Crippen LogP contribution in [0.3, 0.4) is 0 Å². The van der Waals surface area contributed by atoms with Crippen molar-refractivity contribution < 1.29 is 4.74 Å². The smallest absolute Gasteiger partial charge is 0.123 e. The van der Waals surface area contributed by atoms with Crippen molar-refractivity contribution in [1.29, 1.82) is 0 Å². The van der Waals surface area contributed by atoms with E-state index in [9.17, 15) is 0 Å². The Morgan fingerprint density at radius 3 is 2.65 bits per heavy atom. The molecule has 1 atom stereocenters. The molecule has 1 unspecified atom stereocenters. The number of nitrogens with two attached hydrogens (primary N) is 1. The van der Waals surface area contributed by atoms with Gasteiger partial charge in [-0.15, -0.1) is 0 Å². The van der Waals surface area contributed by atoms with Crippen LogP contribution in [0, 0.1) is 12.3 Å². The van der Waals surface area contributed by atoms with Crippen molar-refractivity contribution >= 4 is 0 Å². The molecule has 0 aromatic heterocycles. The highest BCUT2D eigenvalue weighted by atomic mass is 16.5. The van der Waals surface area contributed by atoms with E-state index in [1.165, 1.54) is 24.0 Å². The molecule has 2 rings (SSSR count). The highest BCUT2D eigenvalue weighted by Gasteiger charge is 2.48. The Hall–Kier alpha value is -1.06. The molecule has 1 aliphatic rings. The van der Waals surface area contributed by atoms with Gasteiger partial charge in [0.15, 0.2) is 0 Å². The lowest BCUT2D eigenvalue weighted by molar-refractivity contribution is 0.343. The van der Waals surface area contributed by atoms with E-state index in [1.54, 1.807) is 7.11 Å². The maximum Gasteiger partial charge on any atom is 0.123 e. The SMILES string of the molecule is CNC(c1cc(C)ccc1OC)C1(CN)CC1. The molecule has 0 aliphatic heterocycles. The molecule has 1 aromatic carbocycles. The Morgan fingerprint density at radius 2 is 2.18 bits per heavy atom. The molecule has 1 saturated carbocycles. The largest absolute Gasteiger partial charge is 0.496 e. The van der Waals surface area contributed by atoms with E-state index in [-0.39, 0.29) is 5.41 Å². The molecule has 94 valence electrons. The molecule has 0 amide bonds. The molecule has 0 bridgehead atoms. The van der Waals surface area contributed by atoms with Gasteiger partial charge in [0.2, 0.25) is 0 Å². The van der Waals surface area contributed by atoms with E-state index in [2.05, 4.69) is 24.4 Å². The van der Waals surface area contributed by atoms with Crippen LogP contribution in [0.1, 0.15) is 30.0 Å². The van der Waals surface area contributed by atoms with Crippen LogP contribution in [-0.4, -0.2) is 20.7 Å². The predicted molar refractivity (Wildman–Crippen MR) is 70.3 cm³/mol. The van der Waals surface area contributed by atoms with Gasteiger partial charge in [-0.2, -0.15) is 0 Å². The Labute approximate surface area is 103 Å². The lowest BCUT2D eigenvalue weighted by atomic mass is 9.89. The monoisotopic (exact) mass is 234 g/mol. The fraction of sp³-hybridized carbons (Fsp3) is 0.571. The van der Waals surface area contributed by atoms with Crippen molar-refractivity contribution in [2.75, 3.05) is 20.7 Å². The quantitative estimate of drug-likeness (QED) is 0.819. The fourth-order valence-corrected chi connectivity index (χ4v) is 2.64. The topological polar surface area (TPSA) is 47.3 Å². The zero-order chi connectivity index (χ0) is 12.5. The summed E-state index contributed by atoms with van der Waals surface area (Å²) < 4.78 is 5.47. The van der Waals surface area contributed by atoms with Crippen LogP contribution in [0.5, 0.6) is 5.75 Å². The van der Waals surface area contributed by atoms with E-state index in [0.29, 0.717) is 6.04 Å². The van der Waals surface area contributed by atoms with Crippen LogP contribution in [0.15, 0.2) is 18.2 Å². The molecule has 17 heavy (non-hydrogen) atoms. The van der Waals surface area contributed by atoms with Crippen molar-refractivity contribution in [1.82, 2.24) is 5.32 Å². The van der Waals surface area contributed by atoms with E-state index in [1.807, 2.05) is 13.1 Å². The Morgan fingerprint density at radius 1 is 1.47 bits per heavy atom. The van der Waals surface area contributed by atoms with E-state index < -0.39 is 0 Å². The lowest BCUT2D eigenvalue weighted by Gasteiger charge is -2.27. The van der Waals surface area contributed by atoms with Crippen molar-refractivity contribution in [3.05, 3.63) is 29.3 Å². The third-order valence-electron chi connectivity index (χ3n) is 3.90. The van der Waals surface area contributed by atoms with Crippen molar-refractivity contribution in [3.63, 3.8) is 0 Å². The number of nitrogens with one attached hydrogen (secondary N) is 1. The van der Waals surface area contributed by atoms with Gasteiger partial charge in [-0.05, 0) is 39.4 Å². The van der Waals surface area contributed by atoms with Gasteiger partial charge in [-0.3, -0.25) is 0 Å². The van der Waals surface area contributed by atoms with Gasteiger partial charge in [0.05, 0.1) is 7.11 Å². The molecule has 3 nitrogen and oxygen atoms in total. The first-order chi connectivity index (χ1) is 8.16. The second-order valence-corrected chi connectivity index (χ2v) is 5.03. The number of aryl methyl sites for hydroxylation is 1. The van der Waals surface area contributed by atoms with Gasteiger partial charge < -0.3 is 15.8 Å². The van der Waals surface area contributed by atoms with E-state index in [0.717, 1.165) is 12.3 Å². The predicted octanol–water partition coefficient (Wildman–Crippen LogP) is 2.00. The second kappa shape index (κ2) is 4.67. The van der Waals surface area contributed by atoms with Crippen LogP contribution in [0.25, 0.3) is 0 Å².